The number of carbonyl (C=O) groups excluding carboxylic acids is 1. The van der Waals surface area contributed by atoms with Gasteiger partial charge in [-0.05, 0) is 52.7 Å². The smallest absolute Gasteiger partial charge is 0.258 e. The molecule has 25 heavy (non-hydrogen) atoms. The topological polar surface area (TPSA) is 47.6 Å². The second-order valence-corrected chi connectivity index (χ2v) is 6.00. The molecule has 0 aliphatic heterocycles. The van der Waals surface area contributed by atoms with Crippen LogP contribution in [-0.4, -0.2) is 19.6 Å². The van der Waals surface area contributed by atoms with Gasteiger partial charge >= 0.3 is 0 Å². The Kier molecular flexibility index (Phi) is 5.41. The Morgan fingerprint density at radius 3 is 2.36 bits per heavy atom. The zero-order valence-electron chi connectivity index (χ0n) is 13.8. The Bertz CT molecular complexity index is 878. The molecule has 4 nitrogen and oxygen atoms in total. The lowest BCUT2D eigenvalue weighted by molar-refractivity contribution is -0.123. The SMILES string of the molecule is COc1ccc2ccc(OCC(=O)NCc3ccc(Cl)cc3)cc2c1. The third kappa shape index (κ3) is 4.64. The predicted octanol–water partition coefficient (Wildman–Crippen LogP) is 4.20. The van der Waals surface area contributed by atoms with E-state index in [0.29, 0.717) is 17.3 Å². The van der Waals surface area contributed by atoms with Gasteiger partial charge in [0.1, 0.15) is 11.5 Å². The molecule has 1 N–H and O–H groups in total. The molecule has 0 unspecified atom stereocenters. The maximum absolute atomic E-state index is 11.9. The van der Waals surface area contributed by atoms with Gasteiger partial charge in [-0.3, -0.25) is 4.79 Å². The van der Waals surface area contributed by atoms with Crippen LogP contribution >= 0.6 is 11.6 Å². The number of hydrogen-bond donors (Lipinski definition) is 1. The number of amides is 1. The molecule has 0 heterocycles. The van der Waals surface area contributed by atoms with Crippen molar-refractivity contribution in [3.05, 3.63) is 71.2 Å². The van der Waals surface area contributed by atoms with E-state index in [1.807, 2.05) is 48.5 Å². The summed E-state index contributed by atoms with van der Waals surface area (Å²) in [4.78, 5) is 11.9. The van der Waals surface area contributed by atoms with Gasteiger partial charge in [-0.2, -0.15) is 0 Å². The van der Waals surface area contributed by atoms with E-state index in [1.165, 1.54) is 0 Å². The number of fused-ring (bicyclic) bond motifs is 1. The fourth-order valence-corrected chi connectivity index (χ4v) is 2.55. The molecule has 5 heteroatoms. The molecule has 3 aromatic carbocycles. The summed E-state index contributed by atoms with van der Waals surface area (Å²) < 4.78 is 10.8. The van der Waals surface area contributed by atoms with E-state index < -0.39 is 0 Å². The summed E-state index contributed by atoms with van der Waals surface area (Å²) in [6.45, 7) is 0.400. The number of carbonyl (C=O) groups is 1. The predicted molar refractivity (Wildman–Crippen MR) is 99.3 cm³/mol. The number of nitrogens with one attached hydrogen (secondary N) is 1. The van der Waals surface area contributed by atoms with Gasteiger partial charge in [-0.25, -0.2) is 0 Å². The van der Waals surface area contributed by atoms with Crippen LogP contribution in [0, 0.1) is 0 Å². The molecule has 128 valence electrons. The zero-order valence-corrected chi connectivity index (χ0v) is 14.5. The molecule has 0 atom stereocenters. The van der Waals surface area contributed by atoms with E-state index in [-0.39, 0.29) is 12.5 Å². The summed E-state index contributed by atoms with van der Waals surface area (Å²) in [5.41, 5.74) is 0.982. The molecule has 3 aromatic rings. The lowest BCUT2D eigenvalue weighted by Crippen LogP contribution is -2.28. The molecule has 0 saturated heterocycles. The maximum atomic E-state index is 11.9. The van der Waals surface area contributed by atoms with E-state index in [1.54, 1.807) is 19.2 Å². The Labute approximate surface area is 151 Å². The van der Waals surface area contributed by atoms with Crippen LogP contribution in [0.3, 0.4) is 0 Å². The first-order valence-corrected chi connectivity index (χ1v) is 8.23. The van der Waals surface area contributed by atoms with Crippen LogP contribution in [0.25, 0.3) is 10.8 Å². The number of halogens is 1. The highest BCUT2D eigenvalue weighted by molar-refractivity contribution is 6.30. The van der Waals surface area contributed by atoms with Gasteiger partial charge in [-0.1, -0.05) is 35.9 Å². The minimum absolute atomic E-state index is 0.0386. The van der Waals surface area contributed by atoms with Gasteiger partial charge < -0.3 is 14.8 Å². The minimum atomic E-state index is -0.180. The average molecular weight is 356 g/mol. The van der Waals surface area contributed by atoms with Crippen LogP contribution in [0.1, 0.15) is 5.56 Å². The van der Waals surface area contributed by atoms with Crippen molar-refractivity contribution in [1.82, 2.24) is 5.32 Å². The molecule has 0 aliphatic rings. The van der Waals surface area contributed by atoms with Crippen molar-refractivity contribution in [2.45, 2.75) is 6.54 Å². The van der Waals surface area contributed by atoms with Gasteiger partial charge in [0, 0.05) is 11.6 Å². The summed E-state index contributed by atoms with van der Waals surface area (Å²) in [5.74, 6) is 1.24. The molecule has 0 bridgehead atoms. The van der Waals surface area contributed by atoms with Gasteiger partial charge in [0.25, 0.3) is 5.91 Å². The van der Waals surface area contributed by atoms with Crippen molar-refractivity contribution in [3.63, 3.8) is 0 Å². The standard InChI is InChI=1S/C20H18ClNO3/c1-24-18-8-4-15-5-9-19(11-16(15)10-18)25-13-20(23)22-12-14-2-6-17(21)7-3-14/h2-11H,12-13H2,1H3,(H,22,23). The Balaban J connectivity index is 1.56. The number of methoxy groups -OCH3 is 1. The van der Waals surface area contributed by atoms with E-state index in [9.17, 15) is 4.79 Å². The highest BCUT2D eigenvalue weighted by Crippen LogP contribution is 2.24. The van der Waals surface area contributed by atoms with Gasteiger partial charge in [0.15, 0.2) is 6.61 Å². The van der Waals surface area contributed by atoms with Crippen LogP contribution in [0.4, 0.5) is 0 Å². The van der Waals surface area contributed by atoms with Crippen LogP contribution < -0.4 is 14.8 Å². The summed E-state index contributed by atoms with van der Waals surface area (Å²) in [6.07, 6.45) is 0. The summed E-state index contributed by atoms with van der Waals surface area (Å²) in [6, 6.07) is 18.9. The molecule has 0 fully saturated rings. The Hall–Kier alpha value is -2.72. The van der Waals surface area contributed by atoms with Crippen molar-refractivity contribution in [2.24, 2.45) is 0 Å². The lowest BCUT2D eigenvalue weighted by Gasteiger charge is -2.09. The Morgan fingerprint density at radius 2 is 1.64 bits per heavy atom. The number of hydrogen-bond acceptors (Lipinski definition) is 3. The minimum Gasteiger partial charge on any atom is -0.497 e. The third-order valence-electron chi connectivity index (χ3n) is 3.79. The highest BCUT2D eigenvalue weighted by atomic mass is 35.5. The largest absolute Gasteiger partial charge is 0.497 e. The summed E-state index contributed by atoms with van der Waals surface area (Å²) in [5, 5.41) is 5.57. The fourth-order valence-electron chi connectivity index (χ4n) is 2.42. The zero-order chi connectivity index (χ0) is 17.6. The first kappa shape index (κ1) is 17.1. The highest BCUT2D eigenvalue weighted by Gasteiger charge is 2.04. The molecule has 1 amide bonds. The van der Waals surface area contributed by atoms with Crippen LogP contribution in [-0.2, 0) is 11.3 Å². The van der Waals surface area contributed by atoms with E-state index in [2.05, 4.69) is 5.32 Å². The number of benzene rings is 3. The quantitative estimate of drug-likeness (QED) is 0.721. The first-order chi connectivity index (χ1) is 12.1. The van der Waals surface area contributed by atoms with Crippen molar-refractivity contribution in [2.75, 3.05) is 13.7 Å². The van der Waals surface area contributed by atoms with Crippen LogP contribution in [0.5, 0.6) is 11.5 Å². The normalized spacial score (nSPS) is 10.5. The molecule has 0 aromatic heterocycles. The van der Waals surface area contributed by atoms with Gasteiger partial charge in [-0.15, -0.1) is 0 Å². The van der Waals surface area contributed by atoms with Gasteiger partial charge in [0.05, 0.1) is 7.11 Å². The van der Waals surface area contributed by atoms with Crippen molar-refractivity contribution >= 4 is 28.3 Å². The van der Waals surface area contributed by atoms with Crippen molar-refractivity contribution in [1.29, 1.82) is 0 Å². The molecule has 3 rings (SSSR count). The third-order valence-corrected chi connectivity index (χ3v) is 4.04. The first-order valence-electron chi connectivity index (χ1n) is 7.86. The van der Waals surface area contributed by atoms with Crippen molar-refractivity contribution < 1.29 is 14.3 Å². The fraction of sp³-hybridized carbons (Fsp3) is 0.150. The summed E-state index contributed by atoms with van der Waals surface area (Å²) in [7, 11) is 1.63. The van der Waals surface area contributed by atoms with E-state index in [0.717, 1.165) is 22.1 Å². The molecule has 0 aliphatic carbocycles. The number of ether oxygens (including phenoxy) is 2. The maximum Gasteiger partial charge on any atom is 0.258 e. The molecule has 0 spiro atoms. The molecular weight excluding hydrogens is 338 g/mol. The second-order valence-electron chi connectivity index (χ2n) is 5.57. The monoisotopic (exact) mass is 355 g/mol. The van der Waals surface area contributed by atoms with Crippen molar-refractivity contribution in [3.8, 4) is 11.5 Å². The van der Waals surface area contributed by atoms with Crippen LogP contribution in [0.2, 0.25) is 5.02 Å². The average Bonchev–Trinajstić information content (AvgIpc) is 2.65. The molecular formula is C20H18ClNO3. The summed E-state index contributed by atoms with van der Waals surface area (Å²) >= 11 is 5.84. The van der Waals surface area contributed by atoms with E-state index >= 15 is 0 Å². The number of rotatable bonds is 6. The second kappa shape index (κ2) is 7.90. The van der Waals surface area contributed by atoms with Gasteiger partial charge in [0.2, 0.25) is 0 Å². The lowest BCUT2D eigenvalue weighted by atomic mass is 10.1. The molecule has 0 saturated carbocycles. The van der Waals surface area contributed by atoms with Crippen LogP contribution in [0.15, 0.2) is 60.7 Å². The molecule has 0 radical (unpaired) electrons. The van der Waals surface area contributed by atoms with E-state index in [4.69, 9.17) is 21.1 Å². The Morgan fingerprint density at radius 1 is 0.960 bits per heavy atom.